The van der Waals surface area contributed by atoms with E-state index in [0.29, 0.717) is 0 Å². The van der Waals surface area contributed by atoms with Gasteiger partial charge in [-0.25, -0.2) is 0 Å². The van der Waals surface area contributed by atoms with Gasteiger partial charge in [0.2, 0.25) is 0 Å². The van der Waals surface area contributed by atoms with Gasteiger partial charge in [-0.1, -0.05) is 0 Å². The minimum absolute atomic E-state index is 0. The average molecular weight is 542 g/mol. The van der Waals surface area contributed by atoms with Crippen LogP contribution in [-0.2, 0) is 41.2 Å². The summed E-state index contributed by atoms with van der Waals surface area (Å²) in [7, 11) is 0. The Labute approximate surface area is 113 Å². The molecule has 0 saturated carbocycles. The maximum Gasteiger partial charge on any atom is 3.00 e. The molecule has 14 heavy (non-hydrogen) atoms. The normalized spacial score (nSPS) is 6.86. The summed E-state index contributed by atoms with van der Waals surface area (Å²) in [4.78, 5) is 0. The van der Waals surface area contributed by atoms with Crippen molar-refractivity contribution in [2.24, 2.45) is 0 Å². The molecule has 0 saturated heterocycles. The monoisotopic (exact) mass is 542 g/mol. The molecule has 0 aromatic heterocycles. The molecule has 0 aliphatic heterocycles. The molecule has 2 heteroatoms. The van der Waals surface area contributed by atoms with E-state index in [1.165, 1.54) is 0 Å². The molecule has 0 bridgehead atoms. The summed E-state index contributed by atoms with van der Waals surface area (Å²) >= 11 is 0. The molecular formula is C12H10IrPt+3. The van der Waals surface area contributed by atoms with Crippen LogP contribution in [0.25, 0.3) is 0 Å². The first-order valence-corrected chi connectivity index (χ1v) is 3.82. The molecule has 2 aromatic rings. The molecule has 0 fully saturated rings. The van der Waals surface area contributed by atoms with E-state index in [1.807, 2.05) is 60.7 Å². The van der Waals surface area contributed by atoms with Crippen LogP contribution in [0.4, 0.5) is 0 Å². The van der Waals surface area contributed by atoms with Gasteiger partial charge in [-0.15, -0.1) is 0 Å². The van der Waals surface area contributed by atoms with Crippen molar-refractivity contribution in [3.63, 3.8) is 0 Å². The van der Waals surface area contributed by atoms with E-state index in [9.17, 15) is 0 Å². The SMILES string of the molecule is [Ir+3].[Pt+2].[c-]1ccccc1.[c-]1ccccc1. The Balaban J connectivity index is 0. The Kier molecular flexibility index (Phi) is 14.8. The van der Waals surface area contributed by atoms with Crippen molar-refractivity contribution in [3.8, 4) is 0 Å². The number of hydrogen-bond acceptors (Lipinski definition) is 0. The molecule has 0 spiro atoms. The van der Waals surface area contributed by atoms with E-state index in [2.05, 4.69) is 12.1 Å². The van der Waals surface area contributed by atoms with E-state index < -0.39 is 0 Å². The second kappa shape index (κ2) is 12.8. The smallest absolute Gasteiger partial charge is 0.184 e. The summed E-state index contributed by atoms with van der Waals surface area (Å²) in [5, 5.41) is 0. The molecule has 0 aliphatic carbocycles. The Morgan fingerprint density at radius 2 is 0.786 bits per heavy atom. The summed E-state index contributed by atoms with van der Waals surface area (Å²) in [6.07, 6.45) is 0. The Morgan fingerprint density at radius 1 is 0.500 bits per heavy atom. The van der Waals surface area contributed by atoms with Crippen molar-refractivity contribution in [1.82, 2.24) is 0 Å². The van der Waals surface area contributed by atoms with Gasteiger partial charge in [0.25, 0.3) is 0 Å². The molecular weight excluding hydrogens is 531 g/mol. The van der Waals surface area contributed by atoms with E-state index >= 15 is 0 Å². The predicted octanol–water partition coefficient (Wildman–Crippen LogP) is 2.97. The van der Waals surface area contributed by atoms with E-state index in [1.54, 1.807) is 0 Å². The zero-order chi connectivity index (χ0) is 8.49. The average Bonchev–Trinajstić information content (AvgIpc) is 2.24. The van der Waals surface area contributed by atoms with Gasteiger partial charge in [-0.05, 0) is 0 Å². The Morgan fingerprint density at radius 3 is 0.857 bits per heavy atom. The summed E-state index contributed by atoms with van der Waals surface area (Å²) in [5.74, 6) is 0. The standard InChI is InChI=1S/2C6H5.Ir.Pt/c2*1-2-4-6-5-3-1;;/h2*1-5H;;/q2*-1;+3;+2. The molecule has 0 unspecified atom stereocenters. The largest absolute Gasteiger partial charge is 3.00 e. The van der Waals surface area contributed by atoms with Crippen LogP contribution in [0.2, 0.25) is 0 Å². The van der Waals surface area contributed by atoms with Crippen molar-refractivity contribution in [1.29, 1.82) is 0 Å². The molecule has 74 valence electrons. The topological polar surface area (TPSA) is 0 Å². The predicted molar refractivity (Wildman–Crippen MR) is 50.6 cm³/mol. The van der Waals surface area contributed by atoms with Crippen LogP contribution >= 0.6 is 0 Å². The molecule has 2 rings (SSSR count). The zero-order valence-electron chi connectivity index (χ0n) is 7.42. The third kappa shape index (κ3) is 9.86. The van der Waals surface area contributed by atoms with Gasteiger partial charge in [-0.3, -0.25) is 0 Å². The van der Waals surface area contributed by atoms with Crippen molar-refractivity contribution < 1.29 is 41.2 Å². The zero-order valence-corrected chi connectivity index (χ0v) is 12.1. The quantitative estimate of drug-likeness (QED) is 0.451. The molecule has 0 aliphatic rings. The van der Waals surface area contributed by atoms with Crippen LogP contribution in [0.1, 0.15) is 0 Å². The second-order valence-electron chi connectivity index (χ2n) is 2.15. The van der Waals surface area contributed by atoms with E-state index in [0.717, 1.165) is 0 Å². The number of hydrogen-bond donors (Lipinski definition) is 0. The summed E-state index contributed by atoms with van der Waals surface area (Å²) in [6.45, 7) is 0. The van der Waals surface area contributed by atoms with Gasteiger partial charge >= 0.3 is 41.2 Å². The molecule has 0 nitrogen and oxygen atoms in total. The molecule has 0 radical (unpaired) electrons. The minimum Gasteiger partial charge on any atom is -0.184 e. The molecule has 2 aromatic carbocycles. The van der Waals surface area contributed by atoms with Gasteiger partial charge in [0.05, 0.1) is 0 Å². The fourth-order valence-corrected chi connectivity index (χ4v) is 0.684. The van der Waals surface area contributed by atoms with Crippen LogP contribution in [0.15, 0.2) is 60.7 Å². The van der Waals surface area contributed by atoms with Gasteiger partial charge in [0.1, 0.15) is 0 Å². The van der Waals surface area contributed by atoms with Crippen LogP contribution in [0.5, 0.6) is 0 Å². The summed E-state index contributed by atoms with van der Waals surface area (Å²) in [6, 6.07) is 25.0. The Hall–Kier alpha value is -0.222. The van der Waals surface area contributed by atoms with Gasteiger partial charge in [0, 0.05) is 0 Å². The molecule has 0 amide bonds. The fourth-order valence-electron chi connectivity index (χ4n) is 0.684. The minimum atomic E-state index is 0. The van der Waals surface area contributed by atoms with E-state index in [4.69, 9.17) is 0 Å². The second-order valence-corrected chi connectivity index (χ2v) is 2.15. The molecule has 0 N–H and O–H groups in total. The molecule has 0 atom stereocenters. The third-order valence-corrected chi connectivity index (χ3v) is 1.21. The van der Waals surface area contributed by atoms with Crippen LogP contribution in [-0.4, -0.2) is 0 Å². The Bertz CT molecular complexity index is 186. The first kappa shape index (κ1) is 16.2. The van der Waals surface area contributed by atoms with Crippen molar-refractivity contribution in [2.75, 3.05) is 0 Å². The van der Waals surface area contributed by atoms with Crippen molar-refractivity contribution >= 4 is 0 Å². The maximum absolute atomic E-state index is 2.89. The van der Waals surface area contributed by atoms with Crippen LogP contribution in [0, 0.1) is 12.1 Å². The van der Waals surface area contributed by atoms with Gasteiger partial charge in [0.15, 0.2) is 0 Å². The van der Waals surface area contributed by atoms with E-state index in [-0.39, 0.29) is 41.2 Å². The number of benzene rings is 2. The van der Waals surface area contributed by atoms with Crippen LogP contribution < -0.4 is 0 Å². The van der Waals surface area contributed by atoms with Crippen LogP contribution in [0.3, 0.4) is 0 Å². The van der Waals surface area contributed by atoms with Crippen molar-refractivity contribution in [3.05, 3.63) is 72.8 Å². The maximum atomic E-state index is 2.89. The van der Waals surface area contributed by atoms with Crippen molar-refractivity contribution in [2.45, 2.75) is 0 Å². The first-order chi connectivity index (χ1) is 6.00. The molecule has 0 heterocycles. The first-order valence-electron chi connectivity index (χ1n) is 3.82. The van der Waals surface area contributed by atoms with Gasteiger partial charge in [-0.2, -0.15) is 72.8 Å². The summed E-state index contributed by atoms with van der Waals surface area (Å²) in [5.41, 5.74) is 0. The summed E-state index contributed by atoms with van der Waals surface area (Å²) < 4.78 is 0. The number of rotatable bonds is 0. The fraction of sp³-hybridized carbons (Fsp3) is 0. The third-order valence-electron chi connectivity index (χ3n) is 1.21. The van der Waals surface area contributed by atoms with Gasteiger partial charge < -0.3 is 0 Å².